The molecule has 0 fully saturated rings. The van der Waals surface area contributed by atoms with E-state index in [4.69, 9.17) is 0 Å². The van der Waals surface area contributed by atoms with Crippen molar-refractivity contribution in [3.8, 4) is 27.9 Å². The molecule has 178 valence electrons. The monoisotopic (exact) mass is 481 g/mol. The molecule has 0 saturated carbocycles. The summed E-state index contributed by atoms with van der Waals surface area (Å²) in [7, 11) is 2.03. The minimum atomic E-state index is 0.224. The van der Waals surface area contributed by atoms with E-state index in [9.17, 15) is 0 Å². The number of hydrogen-bond acceptors (Lipinski definition) is 2. The first-order chi connectivity index (χ1) is 18.3. The van der Waals surface area contributed by atoms with Crippen LogP contribution in [0.2, 0.25) is 0 Å². The van der Waals surface area contributed by atoms with Gasteiger partial charge in [0.1, 0.15) is 0 Å². The number of para-hydroxylation sites is 2. The molecule has 0 spiro atoms. The molecule has 0 radical (unpaired) electrons. The minimum Gasteiger partial charge on any atom is -0.337 e. The van der Waals surface area contributed by atoms with Gasteiger partial charge in [0.05, 0.1) is 17.1 Å². The number of nitrogens with zero attached hydrogens (tertiary/aromatic N) is 3. The maximum Gasteiger partial charge on any atom is 0.210 e. The van der Waals surface area contributed by atoms with Crippen LogP contribution in [0.5, 0.6) is 0 Å². The molecular formula is C32H27N5+2. The second kappa shape index (κ2) is 8.80. The van der Waals surface area contributed by atoms with Gasteiger partial charge in [0.15, 0.2) is 30.6 Å². The summed E-state index contributed by atoms with van der Waals surface area (Å²) in [6, 6.07) is 32.5. The van der Waals surface area contributed by atoms with Crippen molar-refractivity contribution in [3.63, 3.8) is 0 Å². The Morgan fingerprint density at radius 1 is 0.757 bits per heavy atom. The third kappa shape index (κ3) is 3.81. The zero-order valence-electron chi connectivity index (χ0n) is 20.6. The number of aromatic amines is 1. The van der Waals surface area contributed by atoms with Crippen molar-refractivity contribution < 1.29 is 9.13 Å². The van der Waals surface area contributed by atoms with Crippen molar-refractivity contribution in [1.82, 2.24) is 15.3 Å². The molecule has 2 N–H and O–H groups in total. The molecule has 0 aliphatic heterocycles. The number of pyridine rings is 2. The van der Waals surface area contributed by atoms with Crippen LogP contribution in [0.4, 0.5) is 0 Å². The van der Waals surface area contributed by atoms with Gasteiger partial charge in [0.25, 0.3) is 0 Å². The Bertz CT molecular complexity index is 1700. The summed E-state index contributed by atoms with van der Waals surface area (Å²) in [6.45, 7) is 0.708. The lowest BCUT2D eigenvalue weighted by Crippen LogP contribution is -2.33. The number of hydrogen-bond donors (Lipinski definition) is 2. The molecule has 3 heterocycles. The van der Waals surface area contributed by atoms with Gasteiger partial charge in [-0.3, -0.25) is 0 Å². The number of rotatable bonds is 5. The number of aromatic nitrogens is 4. The number of fused-ring (bicyclic) bond motifs is 4. The van der Waals surface area contributed by atoms with Crippen LogP contribution in [0.15, 0.2) is 116 Å². The first-order valence-electron chi connectivity index (χ1n) is 12.6. The Morgan fingerprint density at radius 3 is 2.24 bits per heavy atom. The predicted molar refractivity (Wildman–Crippen MR) is 145 cm³/mol. The highest BCUT2D eigenvalue weighted by atomic mass is 15.0. The molecule has 7 rings (SSSR count). The second-order valence-corrected chi connectivity index (χ2v) is 9.53. The largest absolute Gasteiger partial charge is 0.337 e. The summed E-state index contributed by atoms with van der Waals surface area (Å²) < 4.78 is 4.33. The number of nitrogens with one attached hydrogen (secondary N) is 2. The molecule has 5 nitrogen and oxygen atoms in total. The maximum absolute atomic E-state index is 4.69. The Morgan fingerprint density at radius 2 is 1.46 bits per heavy atom. The van der Waals surface area contributed by atoms with E-state index in [2.05, 4.69) is 122 Å². The maximum atomic E-state index is 4.69. The van der Waals surface area contributed by atoms with Crippen molar-refractivity contribution >= 4 is 11.0 Å². The standard InChI is InChI=1S/C32H26N5/c1-33-32-27-7-3-2-6-25(27)26-11-10-24(20-28(26)32)37-18-14-23(15-19-37)22-12-16-36(17-13-22)21-31-34-29-8-4-5-9-30(29)35-31/h2-20,32-33H,21H2,1H3/q+1/p+1. The van der Waals surface area contributed by atoms with Gasteiger partial charge >= 0.3 is 0 Å². The summed E-state index contributed by atoms with van der Waals surface area (Å²) in [5, 5.41) is 3.49. The zero-order chi connectivity index (χ0) is 24.8. The first-order valence-corrected chi connectivity index (χ1v) is 12.6. The van der Waals surface area contributed by atoms with E-state index in [1.165, 1.54) is 33.4 Å². The summed E-state index contributed by atoms with van der Waals surface area (Å²) >= 11 is 0. The highest BCUT2D eigenvalue weighted by Crippen LogP contribution is 2.43. The fourth-order valence-electron chi connectivity index (χ4n) is 5.47. The first kappa shape index (κ1) is 21.7. The predicted octanol–water partition coefficient (Wildman–Crippen LogP) is 5.13. The second-order valence-electron chi connectivity index (χ2n) is 9.53. The molecule has 1 aliphatic rings. The van der Waals surface area contributed by atoms with Crippen molar-refractivity contribution in [1.29, 1.82) is 0 Å². The minimum absolute atomic E-state index is 0.224. The molecule has 6 aromatic rings. The van der Waals surface area contributed by atoms with E-state index < -0.39 is 0 Å². The number of H-pyrrole nitrogens is 1. The SMILES string of the molecule is CNC1c2ccccc2-c2ccc(-[n+]3ccc(-c4cc[n+](Cc5nc6ccccc6[nH]5)cc4)cc3)cc21. The topological polar surface area (TPSA) is 48.5 Å². The van der Waals surface area contributed by atoms with E-state index in [0.29, 0.717) is 6.54 Å². The van der Waals surface area contributed by atoms with E-state index in [1.807, 2.05) is 25.2 Å². The van der Waals surface area contributed by atoms with E-state index >= 15 is 0 Å². The zero-order valence-corrected chi connectivity index (χ0v) is 20.6. The van der Waals surface area contributed by atoms with Gasteiger partial charge in [0.2, 0.25) is 12.2 Å². The molecule has 0 saturated heterocycles. The summed E-state index contributed by atoms with van der Waals surface area (Å²) in [4.78, 5) is 8.09. The lowest BCUT2D eigenvalue weighted by Gasteiger charge is -2.12. The fraction of sp³-hybridized carbons (Fsp3) is 0.0938. The summed E-state index contributed by atoms with van der Waals surface area (Å²) in [5.74, 6) is 0.956. The third-order valence-electron chi connectivity index (χ3n) is 7.32. The van der Waals surface area contributed by atoms with E-state index in [1.54, 1.807) is 0 Å². The van der Waals surface area contributed by atoms with Gasteiger partial charge in [-0.05, 0) is 58.6 Å². The van der Waals surface area contributed by atoms with Crippen molar-refractivity contribution in [2.45, 2.75) is 12.6 Å². The quantitative estimate of drug-likeness (QED) is 0.335. The lowest BCUT2D eigenvalue weighted by atomic mass is 10.0. The van der Waals surface area contributed by atoms with Crippen LogP contribution in [0.25, 0.3) is 39.0 Å². The highest BCUT2D eigenvalue weighted by molar-refractivity contribution is 5.79. The smallest absolute Gasteiger partial charge is 0.210 e. The summed E-state index contributed by atoms with van der Waals surface area (Å²) in [5.41, 5.74) is 10.9. The highest BCUT2D eigenvalue weighted by Gasteiger charge is 2.28. The average Bonchev–Trinajstić information content (AvgIpc) is 3.51. The normalized spacial score (nSPS) is 14.0. The van der Waals surface area contributed by atoms with Crippen LogP contribution in [-0.4, -0.2) is 17.0 Å². The fourth-order valence-corrected chi connectivity index (χ4v) is 5.47. The average molecular weight is 482 g/mol. The van der Waals surface area contributed by atoms with Gasteiger partial charge in [-0.15, -0.1) is 0 Å². The molecule has 0 bridgehead atoms. The van der Waals surface area contributed by atoms with Gasteiger partial charge in [-0.2, -0.15) is 9.13 Å². The van der Waals surface area contributed by atoms with Gasteiger partial charge in [-0.25, -0.2) is 4.98 Å². The van der Waals surface area contributed by atoms with Crippen LogP contribution in [0, 0.1) is 0 Å². The van der Waals surface area contributed by atoms with Gasteiger partial charge in [-0.1, -0.05) is 36.4 Å². The molecular weight excluding hydrogens is 454 g/mol. The molecule has 3 aromatic heterocycles. The van der Waals surface area contributed by atoms with E-state index in [0.717, 1.165) is 22.5 Å². The molecule has 1 aliphatic carbocycles. The van der Waals surface area contributed by atoms with Crippen LogP contribution in [0.1, 0.15) is 23.0 Å². The Kier molecular flexibility index (Phi) is 5.15. The molecule has 3 aromatic carbocycles. The van der Waals surface area contributed by atoms with Crippen LogP contribution >= 0.6 is 0 Å². The van der Waals surface area contributed by atoms with Crippen molar-refractivity contribution in [3.05, 3.63) is 133 Å². The van der Waals surface area contributed by atoms with Crippen molar-refractivity contribution in [2.75, 3.05) is 7.05 Å². The molecule has 37 heavy (non-hydrogen) atoms. The molecule has 0 amide bonds. The molecule has 1 unspecified atom stereocenters. The van der Waals surface area contributed by atoms with Gasteiger partial charge in [0, 0.05) is 36.4 Å². The van der Waals surface area contributed by atoms with E-state index in [-0.39, 0.29) is 6.04 Å². The third-order valence-corrected chi connectivity index (χ3v) is 7.32. The van der Waals surface area contributed by atoms with Gasteiger partial charge < -0.3 is 10.3 Å². The number of benzene rings is 3. The summed E-state index contributed by atoms with van der Waals surface area (Å²) in [6.07, 6.45) is 8.51. The Balaban J connectivity index is 1.11. The Labute approximate surface area is 215 Å². The Hall–Kier alpha value is -4.61. The van der Waals surface area contributed by atoms with Crippen LogP contribution in [0.3, 0.4) is 0 Å². The van der Waals surface area contributed by atoms with Crippen LogP contribution in [-0.2, 0) is 6.54 Å². The van der Waals surface area contributed by atoms with Crippen LogP contribution < -0.4 is 14.5 Å². The number of imidazole rings is 1. The van der Waals surface area contributed by atoms with Crippen molar-refractivity contribution in [2.24, 2.45) is 0 Å². The molecule has 1 atom stereocenters. The lowest BCUT2D eigenvalue weighted by molar-refractivity contribution is -0.689. The molecule has 5 heteroatoms.